The van der Waals surface area contributed by atoms with E-state index < -0.39 is 17.2 Å². The maximum absolute atomic E-state index is 11.7. The molecule has 2 rings (SSSR count). The molecule has 3 amide bonds. The van der Waals surface area contributed by atoms with E-state index in [1.165, 1.54) is 11.8 Å². The molecule has 0 bridgehead atoms. The van der Waals surface area contributed by atoms with E-state index in [0.29, 0.717) is 5.16 Å². The maximum Gasteiger partial charge on any atom is 0.318 e. The molecule has 1 atom stereocenters. The highest BCUT2D eigenvalue weighted by atomic mass is 79.9. The summed E-state index contributed by atoms with van der Waals surface area (Å²) >= 11 is 4.66. The minimum Gasteiger partial charge on any atom is -0.351 e. The molecule has 1 heterocycles. The van der Waals surface area contributed by atoms with Crippen LogP contribution >= 0.6 is 27.7 Å². The minimum atomic E-state index is -0.854. The first-order valence-electron chi connectivity index (χ1n) is 6.43. The number of carbonyl (C=O) groups excluding carboxylic acids is 2. The van der Waals surface area contributed by atoms with E-state index in [2.05, 4.69) is 26.2 Å². The molecular weight excluding hydrogens is 368 g/mol. The Morgan fingerprint density at radius 3 is 2.59 bits per heavy atom. The Morgan fingerprint density at radius 1 is 1.36 bits per heavy atom. The van der Waals surface area contributed by atoms with Gasteiger partial charge in [0.15, 0.2) is 5.16 Å². The van der Waals surface area contributed by atoms with Gasteiger partial charge in [-0.3, -0.25) is 10.1 Å². The number of carbonyl (C=O) groups is 2. The van der Waals surface area contributed by atoms with Gasteiger partial charge < -0.3 is 10.3 Å². The lowest BCUT2D eigenvalue weighted by Crippen LogP contribution is -2.39. The lowest BCUT2D eigenvalue weighted by atomic mass is 10.2. The number of halogens is 1. The number of benzene rings is 1. The number of nitrogens with zero attached hydrogens (tertiary/aromatic N) is 2. The third-order valence-corrected chi connectivity index (χ3v) is 4.67. The third-order valence-electron chi connectivity index (χ3n) is 2.98. The molecule has 0 saturated carbocycles. The molecule has 0 radical (unpaired) electrons. The molecule has 22 heavy (non-hydrogen) atoms. The normalized spacial score (nSPS) is 12.0. The lowest BCUT2D eigenvalue weighted by Gasteiger charge is -2.10. The van der Waals surface area contributed by atoms with Gasteiger partial charge in [-0.1, -0.05) is 39.8 Å². The average Bonchev–Trinajstić information content (AvgIpc) is 2.80. The average molecular weight is 383 g/mol. The number of thioether (sulfide) groups is 1. The Labute approximate surface area is 140 Å². The van der Waals surface area contributed by atoms with Gasteiger partial charge in [-0.2, -0.15) is 0 Å². The van der Waals surface area contributed by atoms with Crippen LogP contribution in [0.15, 0.2) is 40.1 Å². The monoisotopic (exact) mass is 382 g/mol. The van der Waals surface area contributed by atoms with Gasteiger partial charge in [0.2, 0.25) is 5.91 Å². The molecule has 1 aromatic heterocycles. The Balaban J connectivity index is 2.16. The fourth-order valence-corrected chi connectivity index (χ4v) is 2.94. The second kappa shape index (κ2) is 6.97. The number of nitrogens with two attached hydrogens (primary N) is 1. The highest BCUT2D eigenvalue weighted by Crippen LogP contribution is 2.28. The Kier molecular flexibility index (Phi) is 5.25. The Morgan fingerprint density at radius 2 is 2.00 bits per heavy atom. The third kappa shape index (κ3) is 3.89. The molecule has 0 spiro atoms. The van der Waals surface area contributed by atoms with Crippen LogP contribution in [-0.2, 0) is 11.8 Å². The minimum absolute atomic E-state index is 0.439. The van der Waals surface area contributed by atoms with E-state index in [0.717, 1.165) is 15.7 Å². The van der Waals surface area contributed by atoms with E-state index in [1.807, 2.05) is 35.9 Å². The van der Waals surface area contributed by atoms with Crippen molar-refractivity contribution in [1.82, 2.24) is 14.9 Å². The molecule has 1 unspecified atom stereocenters. The van der Waals surface area contributed by atoms with E-state index in [4.69, 9.17) is 5.73 Å². The molecule has 116 valence electrons. The predicted octanol–water partition coefficient (Wildman–Crippen LogP) is 2.53. The van der Waals surface area contributed by atoms with Gasteiger partial charge in [0.25, 0.3) is 0 Å². The summed E-state index contributed by atoms with van der Waals surface area (Å²) in [6, 6.07) is 7.03. The number of aromatic nitrogens is 2. The van der Waals surface area contributed by atoms with Crippen molar-refractivity contribution in [2.45, 2.75) is 17.3 Å². The van der Waals surface area contributed by atoms with Gasteiger partial charge in [0.05, 0.1) is 17.1 Å². The van der Waals surface area contributed by atoms with Crippen molar-refractivity contribution in [3.63, 3.8) is 0 Å². The van der Waals surface area contributed by atoms with E-state index in [1.54, 1.807) is 13.1 Å². The van der Waals surface area contributed by atoms with Crippen molar-refractivity contribution in [3.05, 3.63) is 34.9 Å². The predicted molar refractivity (Wildman–Crippen MR) is 89.4 cm³/mol. The van der Waals surface area contributed by atoms with Crippen LogP contribution in [0, 0.1) is 0 Å². The van der Waals surface area contributed by atoms with Crippen molar-refractivity contribution in [2.24, 2.45) is 12.8 Å². The molecule has 0 aliphatic rings. The maximum atomic E-state index is 11.7. The van der Waals surface area contributed by atoms with Crippen molar-refractivity contribution >= 4 is 39.6 Å². The Bertz CT molecular complexity index is 699. The summed E-state index contributed by atoms with van der Waals surface area (Å²) in [6.07, 6.45) is 1.75. The van der Waals surface area contributed by atoms with E-state index in [-0.39, 0.29) is 0 Å². The smallest absolute Gasteiger partial charge is 0.318 e. The first-order valence-corrected chi connectivity index (χ1v) is 8.10. The molecule has 8 heteroatoms. The molecule has 0 aliphatic heterocycles. The SMILES string of the molecule is CC(Sc1ncc(-c2ccc(Br)cc2)n1C)C(=O)NC(N)=O. The van der Waals surface area contributed by atoms with Crippen LogP contribution in [0.5, 0.6) is 0 Å². The molecule has 2 aromatic rings. The largest absolute Gasteiger partial charge is 0.351 e. The van der Waals surface area contributed by atoms with Crippen LogP contribution in [0.1, 0.15) is 6.92 Å². The standard InChI is InChI=1S/C14H15BrN4O2S/c1-8(12(20)18-13(16)21)22-14-17-7-11(19(14)2)9-3-5-10(15)6-4-9/h3-8H,1-2H3,(H3,16,18,20,21). The first-order chi connectivity index (χ1) is 10.4. The van der Waals surface area contributed by atoms with Gasteiger partial charge in [0, 0.05) is 11.5 Å². The number of hydrogen-bond donors (Lipinski definition) is 2. The van der Waals surface area contributed by atoms with Gasteiger partial charge in [-0.15, -0.1) is 0 Å². The number of primary amides is 1. The molecular formula is C14H15BrN4O2S. The summed E-state index contributed by atoms with van der Waals surface area (Å²) in [5.74, 6) is -0.439. The second-order valence-electron chi connectivity index (χ2n) is 4.61. The number of hydrogen-bond acceptors (Lipinski definition) is 4. The van der Waals surface area contributed by atoms with Crippen LogP contribution in [0.4, 0.5) is 4.79 Å². The van der Waals surface area contributed by atoms with Crippen molar-refractivity contribution in [1.29, 1.82) is 0 Å². The first kappa shape index (κ1) is 16.6. The van der Waals surface area contributed by atoms with E-state index >= 15 is 0 Å². The molecule has 6 nitrogen and oxygen atoms in total. The fourth-order valence-electron chi connectivity index (χ4n) is 1.83. The molecule has 3 N–H and O–H groups in total. The van der Waals surface area contributed by atoms with Crippen molar-refractivity contribution in [3.8, 4) is 11.3 Å². The Hall–Kier alpha value is -1.80. The quantitative estimate of drug-likeness (QED) is 0.794. The van der Waals surface area contributed by atoms with Crippen LogP contribution < -0.4 is 11.1 Å². The summed E-state index contributed by atoms with van der Waals surface area (Å²) in [6.45, 7) is 1.69. The molecule has 0 aliphatic carbocycles. The zero-order valence-electron chi connectivity index (χ0n) is 12.0. The number of urea groups is 1. The zero-order valence-corrected chi connectivity index (χ0v) is 14.4. The number of imidazole rings is 1. The lowest BCUT2D eigenvalue weighted by molar-refractivity contribution is -0.119. The van der Waals surface area contributed by atoms with Crippen LogP contribution in [-0.4, -0.2) is 26.7 Å². The fraction of sp³-hybridized carbons (Fsp3) is 0.214. The van der Waals surface area contributed by atoms with Crippen LogP contribution in [0.3, 0.4) is 0 Å². The summed E-state index contributed by atoms with van der Waals surface area (Å²) in [7, 11) is 1.88. The van der Waals surface area contributed by atoms with Crippen LogP contribution in [0.25, 0.3) is 11.3 Å². The number of amides is 3. The topological polar surface area (TPSA) is 90.0 Å². The summed E-state index contributed by atoms with van der Waals surface area (Å²) in [5, 5.41) is 2.27. The highest BCUT2D eigenvalue weighted by Gasteiger charge is 2.19. The summed E-state index contributed by atoms with van der Waals surface area (Å²) in [4.78, 5) is 26.7. The summed E-state index contributed by atoms with van der Waals surface area (Å²) in [5.41, 5.74) is 6.91. The number of imide groups is 1. The molecule has 1 aromatic carbocycles. The highest BCUT2D eigenvalue weighted by molar-refractivity contribution is 9.10. The van der Waals surface area contributed by atoms with Gasteiger partial charge in [0.1, 0.15) is 0 Å². The van der Waals surface area contributed by atoms with Gasteiger partial charge >= 0.3 is 6.03 Å². The second-order valence-corrected chi connectivity index (χ2v) is 6.83. The summed E-state index contributed by atoms with van der Waals surface area (Å²) < 4.78 is 2.91. The number of nitrogens with one attached hydrogen (secondary N) is 1. The van der Waals surface area contributed by atoms with Crippen molar-refractivity contribution in [2.75, 3.05) is 0 Å². The number of rotatable bonds is 4. The van der Waals surface area contributed by atoms with Gasteiger partial charge in [-0.05, 0) is 24.6 Å². The van der Waals surface area contributed by atoms with Gasteiger partial charge in [-0.25, -0.2) is 9.78 Å². The van der Waals surface area contributed by atoms with Crippen LogP contribution in [0.2, 0.25) is 0 Å². The van der Waals surface area contributed by atoms with Crippen molar-refractivity contribution < 1.29 is 9.59 Å². The zero-order chi connectivity index (χ0) is 16.3. The van der Waals surface area contributed by atoms with E-state index in [9.17, 15) is 9.59 Å². The molecule has 0 fully saturated rings. The molecule has 0 saturated heterocycles.